The van der Waals surface area contributed by atoms with E-state index in [0.717, 1.165) is 54.8 Å². The van der Waals surface area contributed by atoms with Gasteiger partial charge in [0.2, 0.25) is 5.91 Å². The number of fused-ring (bicyclic) bond motifs is 1. The third kappa shape index (κ3) is 5.05. The van der Waals surface area contributed by atoms with Crippen molar-refractivity contribution in [2.75, 3.05) is 36.4 Å². The molecule has 40 heavy (non-hydrogen) atoms. The first-order valence-corrected chi connectivity index (χ1v) is 13.6. The van der Waals surface area contributed by atoms with Gasteiger partial charge in [0.1, 0.15) is 18.0 Å². The van der Waals surface area contributed by atoms with Gasteiger partial charge in [-0.2, -0.15) is 0 Å². The largest absolute Gasteiger partial charge is 0.380 e. The van der Waals surface area contributed by atoms with Gasteiger partial charge in [0.15, 0.2) is 5.82 Å². The molecule has 3 amide bonds. The van der Waals surface area contributed by atoms with Gasteiger partial charge in [-0.25, -0.2) is 0 Å². The van der Waals surface area contributed by atoms with Gasteiger partial charge in [0.05, 0.1) is 11.1 Å². The molecule has 2 aromatic carbocycles. The normalized spacial score (nSPS) is 21.5. The van der Waals surface area contributed by atoms with Crippen molar-refractivity contribution in [2.45, 2.75) is 45.1 Å². The van der Waals surface area contributed by atoms with Gasteiger partial charge in [-0.05, 0) is 43.0 Å². The number of hydrogen-bond acceptors (Lipinski definition) is 9. The average molecular weight is 545 g/mol. The Morgan fingerprint density at radius 1 is 1.00 bits per heavy atom. The summed E-state index contributed by atoms with van der Waals surface area (Å²) < 4.78 is 5.20. The molecule has 208 valence electrons. The second-order valence-electron chi connectivity index (χ2n) is 10.6. The number of aliphatic hydroxyl groups excluding tert-OH is 1. The van der Waals surface area contributed by atoms with E-state index in [0.29, 0.717) is 12.2 Å². The van der Waals surface area contributed by atoms with Crippen molar-refractivity contribution in [3.8, 4) is 0 Å². The zero-order valence-corrected chi connectivity index (χ0v) is 22.3. The molecule has 11 nitrogen and oxygen atoms in total. The number of nitrogens with one attached hydrogen (secondary N) is 2. The maximum atomic E-state index is 13.3. The van der Waals surface area contributed by atoms with E-state index in [4.69, 9.17) is 4.52 Å². The Balaban J connectivity index is 1.06. The summed E-state index contributed by atoms with van der Waals surface area (Å²) in [4.78, 5) is 44.5. The Morgan fingerprint density at radius 2 is 1.75 bits per heavy atom. The van der Waals surface area contributed by atoms with Crippen LogP contribution >= 0.6 is 0 Å². The number of piperazine rings is 1. The number of aliphatic hydroxyl groups is 1. The van der Waals surface area contributed by atoms with Crippen LogP contribution in [-0.4, -0.2) is 76.2 Å². The number of amides is 3. The van der Waals surface area contributed by atoms with E-state index >= 15 is 0 Å². The van der Waals surface area contributed by atoms with E-state index < -0.39 is 30.0 Å². The summed E-state index contributed by atoms with van der Waals surface area (Å²) in [6.45, 7) is 6.94. The number of benzene rings is 2. The maximum Gasteiger partial charge on any atom is 0.264 e. The molecule has 0 bridgehead atoms. The highest BCUT2D eigenvalue weighted by Crippen LogP contribution is 2.33. The lowest BCUT2D eigenvalue weighted by molar-refractivity contribution is -0.131. The van der Waals surface area contributed by atoms with Gasteiger partial charge >= 0.3 is 0 Å². The molecule has 0 saturated carbocycles. The van der Waals surface area contributed by atoms with Crippen LogP contribution in [0.4, 0.5) is 11.5 Å². The van der Waals surface area contributed by atoms with Crippen LogP contribution in [0.15, 0.2) is 53.1 Å². The highest BCUT2D eigenvalue weighted by atomic mass is 16.5. The molecule has 0 aliphatic carbocycles. The van der Waals surface area contributed by atoms with Crippen molar-refractivity contribution in [3.63, 3.8) is 0 Å². The highest BCUT2D eigenvalue weighted by molar-refractivity contribution is 6.25. The zero-order valence-electron chi connectivity index (χ0n) is 22.3. The van der Waals surface area contributed by atoms with E-state index in [2.05, 4.69) is 49.9 Å². The number of nitrogens with zero attached hydrogens (tertiary/aromatic N) is 4. The number of aryl methyl sites for hydroxylation is 1. The van der Waals surface area contributed by atoms with Gasteiger partial charge in [-0.15, -0.1) is 0 Å². The molecule has 2 saturated heterocycles. The molecule has 3 aliphatic rings. The predicted octanol–water partition coefficient (Wildman–Crippen LogP) is 2.11. The Bertz CT molecular complexity index is 1430. The van der Waals surface area contributed by atoms with E-state index in [9.17, 15) is 19.5 Å². The lowest BCUT2D eigenvalue weighted by Crippen LogP contribution is -2.55. The smallest absolute Gasteiger partial charge is 0.264 e. The fourth-order valence-electron chi connectivity index (χ4n) is 5.61. The first kappa shape index (κ1) is 26.0. The number of rotatable bonds is 7. The summed E-state index contributed by atoms with van der Waals surface area (Å²) in [6, 6.07) is 14.5. The molecule has 2 fully saturated rings. The van der Waals surface area contributed by atoms with Crippen molar-refractivity contribution in [1.29, 1.82) is 0 Å². The first-order chi connectivity index (χ1) is 19.4. The van der Waals surface area contributed by atoms with Crippen molar-refractivity contribution in [2.24, 2.45) is 0 Å². The molecule has 0 spiro atoms. The Labute approximate surface area is 231 Å². The molecule has 2 atom stereocenters. The van der Waals surface area contributed by atoms with Crippen LogP contribution in [0.1, 0.15) is 50.4 Å². The number of piperidine rings is 1. The molecule has 3 N–H and O–H groups in total. The second-order valence-corrected chi connectivity index (χ2v) is 10.6. The summed E-state index contributed by atoms with van der Waals surface area (Å²) in [6.07, 6.45) is -0.448. The molecule has 11 heteroatoms. The quantitative estimate of drug-likeness (QED) is 0.383. The Kier molecular flexibility index (Phi) is 6.99. The van der Waals surface area contributed by atoms with E-state index in [1.807, 2.05) is 13.0 Å². The van der Waals surface area contributed by atoms with Crippen LogP contribution < -0.4 is 15.5 Å². The number of anilines is 2. The zero-order chi connectivity index (χ0) is 27.8. The SMILES string of the molecule is Cc1cc(N2CCN(Cc3ccc(CNc4cccc5c4C(=O)N(C4CCC(O)NC4=O)C5=O)cc3)CC2)no1. The number of imide groups is 1. The molecule has 2 unspecified atom stereocenters. The van der Waals surface area contributed by atoms with Crippen molar-refractivity contribution < 1.29 is 24.0 Å². The van der Waals surface area contributed by atoms with Crippen LogP contribution in [0.25, 0.3) is 0 Å². The third-order valence-electron chi connectivity index (χ3n) is 7.81. The standard InChI is InChI=1S/C29H32N6O5/c1-18-15-24(32-40-18)34-13-11-33(12-14-34)17-20-7-5-19(6-8-20)16-30-22-4-2-3-21-26(22)29(39)35(28(21)38)23-9-10-25(36)31-27(23)37/h2-8,15,23,25,30,36H,9-14,16-17H2,1H3,(H,31,37). The predicted molar refractivity (Wildman–Crippen MR) is 147 cm³/mol. The highest BCUT2D eigenvalue weighted by Gasteiger charge is 2.45. The first-order valence-electron chi connectivity index (χ1n) is 13.6. The molecule has 4 heterocycles. The third-order valence-corrected chi connectivity index (χ3v) is 7.81. The lowest BCUT2D eigenvalue weighted by Gasteiger charge is -2.34. The summed E-state index contributed by atoms with van der Waals surface area (Å²) in [5, 5.41) is 19.5. The van der Waals surface area contributed by atoms with Gasteiger partial charge in [0.25, 0.3) is 11.8 Å². The van der Waals surface area contributed by atoms with Crippen LogP contribution in [0.3, 0.4) is 0 Å². The van der Waals surface area contributed by atoms with Crippen molar-refractivity contribution in [3.05, 3.63) is 76.5 Å². The average Bonchev–Trinajstić information content (AvgIpc) is 3.50. The molecule has 0 radical (unpaired) electrons. The molecule has 1 aromatic heterocycles. The fourth-order valence-corrected chi connectivity index (χ4v) is 5.61. The summed E-state index contributed by atoms with van der Waals surface area (Å²) in [7, 11) is 0. The van der Waals surface area contributed by atoms with Gasteiger partial charge in [-0.1, -0.05) is 35.5 Å². The molecule has 3 aromatic rings. The van der Waals surface area contributed by atoms with Crippen LogP contribution in [-0.2, 0) is 17.9 Å². The molecule has 3 aliphatic heterocycles. The van der Waals surface area contributed by atoms with E-state index in [1.165, 1.54) is 5.56 Å². The van der Waals surface area contributed by atoms with Crippen LogP contribution in [0, 0.1) is 6.92 Å². The Hall–Kier alpha value is -4.22. The van der Waals surface area contributed by atoms with Gasteiger partial charge in [0, 0.05) is 51.0 Å². The monoisotopic (exact) mass is 544 g/mol. The number of aromatic nitrogens is 1. The lowest BCUT2D eigenvalue weighted by atomic mass is 10.0. The minimum atomic E-state index is -0.956. The van der Waals surface area contributed by atoms with Gasteiger partial charge < -0.3 is 25.2 Å². The van der Waals surface area contributed by atoms with E-state index in [-0.39, 0.29) is 24.0 Å². The maximum absolute atomic E-state index is 13.3. The molecular weight excluding hydrogens is 512 g/mol. The minimum Gasteiger partial charge on any atom is -0.380 e. The number of hydrogen-bond donors (Lipinski definition) is 3. The van der Waals surface area contributed by atoms with Gasteiger partial charge in [-0.3, -0.25) is 24.2 Å². The topological polar surface area (TPSA) is 131 Å². The van der Waals surface area contributed by atoms with Crippen molar-refractivity contribution in [1.82, 2.24) is 20.3 Å². The summed E-state index contributed by atoms with van der Waals surface area (Å²) in [5.74, 6) is 0.224. The summed E-state index contributed by atoms with van der Waals surface area (Å²) in [5.41, 5.74) is 3.38. The summed E-state index contributed by atoms with van der Waals surface area (Å²) >= 11 is 0. The Morgan fingerprint density at radius 3 is 2.45 bits per heavy atom. The van der Waals surface area contributed by atoms with Crippen LogP contribution in [0.5, 0.6) is 0 Å². The number of carbonyl (C=O) groups excluding carboxylic acids is 3. The second kappa shape index (κ2) is 10.7. The minimum absolute atomic E-state index is 0.227. The fraction of sp³-hybridized carbons (Fsp3) is 0.379. The molecule has 6 rings (SSSR count). The number of carbonyl (C=O) groups is 3. The molecular formula is C29H32N6O5. The van der Waals surface area contributed by atoms with E-state index in [1.54, 1.807) is 18.2 Å². The van der Waals surface area contributed by atoms with Crippen LogP contribution in [0.2, 0.25) is 0 Å². The van der Waals surface area contributed by atoms with Crippen molar-refractivity contribution >= 4 is 29.2 Å².